The molecule has 2 N–H and O–H groups in total. The zero-order valence-corrected chi connectivity index (χ0v) is 11.6. The highest BCUT2D eigenvalue weighted by Crippen LogP contribution is 2.25. The fourth-order valence-electron chi connectivity index (χ4n) is 1.84. The third-order valence-corrected chi connectivity index (χ3v) is 2.77. The van der Waals surface area contributed by atoms with Crippen molar-refractivity contribution in [2.45, 2.75) is 0 Å². The molecular formula is C17H13N3O2. The summed E-state index contributed by atoms with van der Waals surface area (Å²) in [5.41, 5.74) is 1.68. The molecule has 0 bridgehead atoms. The highest BCUT2D eigenvalue weighted by molar-refractivity contribution is 5.97. The van der Waals surface area contributed by atoms with Crippen LogP contribution in [0.15, 0.2) is 61.1 Å². The number of aromatic nitrogens is 3. The molecule has 5 nitrogen and oxygen atoms in total. The molecule has 1 aromatic carbocycles. The lowest BCUT2D eigenvalue weighted by Crippen LogP contribution is -2.01. The Morgan fingerprint density at radius 3 is 2.36 bits per heavy atom. The number of aromatic amines is 1. The van der Waals surface area contributed by atoms with E-state index in [9.17, 15) is 4.79 Å². The van der Waals surface area contributed by atoms with Gasteiger partial charge in [-0.15, -0.1) is 6.42 Å². The van der Waals surface area contributed by atoms with Crippen LogP contribution in [0.5, 0.6) is 0 Å². The fourth-order valence-corrected chi connectivity index (χ4v) is 1.84. The van der Waals surface area contributed by atoms with Gasteiger partial charge in [0.2, 0.25) is 0 Å². The van der Waals surface area contributed by atoms with E-state index in [0.717, 1.165) is 0 Å². The van der Waals surface area contributed by atoms with Crippen LogP contribution in [0, 0.1) is 12.3 Å². The molecule has 0 fully saturated rings. The summed E-state index contributed by atoms with van der Waals surface area (Å²) < 4.78 is 0. The topological polar surface area (TPSA) is 78.9 Å². The smallest absolute Gasteiger partial charge is 0.336 e. The number of pyridine rings is 1. The van der Waals surface area contributed by atoms with Crippen molar-refractivity contribution < 1.29 is 9.90 Å². The number of hydrogen-bond donors (Lipinski definition) is 2. The van der Waals surface area contributed by atoms with Gasteiger partial charge in [-0.25, -0.2) is 4.79 Å². The monoisotopic (exact) mass is 291 g/mol. The van der Waals surface area contributed by atoms with Crippen LogP contribution in [0.3, 0.4) is 0 Å². The lowest BCUT2D eigenvalue weighted by molar-refractivity contribution is 0.0697. The van der Waals surface area contributed by atoms with Gasteiger partial charge in [0, 0.05) is 29.7 Å². The number of H-pyrrole nitrogens is 1. The normalized spacial score (nSPS) is 9.23. The molecule has 0 atom stereocenters. The Hall–Kier alpha value is -3.39. The lowest BCUT2D eigenvalue weighted by Gasteiger charge is -2.05. The summed E-state index contributed by atoms with van der Waals surface area (Å²) in [6.45, 7) is 0. The minimum Gasteiger partial charge on any atom is -0.478 e. The van der Waals surface area contributed by atoms with Crippen LogP contribution in [0.4, 0.5) is 0 Å². The van der Waals surface area contributed by atoms with E-state index in [1.807, 2.05) is 18.2 Å². The van der Waals surface area contributed by atoms with E-state index < -0.39 is 5.97 Å². The van der Waals surface area contributed by atoms with Crippen LogP contribution in [0.25, 0.3) is 11.3 Å². The quantitative estimate of drug-likeness (QED) is 0.712. The van der Waals surface area contributed by atoms with Gasteiger partial charge < -0.3 is 5.11 Å². The van der Waals surface area contributed by atoms with E-state index in [1.54, 1.807) is 36.8 Å². The zero-order valence-electron chi connectivity index (χ0n) is 11.6. The summed E-state index contributed by atoms with van der Waals surface area (Å²) in [6.07, 6.45) is 10.5. The summed E-state index contributed by atoms with van der Waals surface area (Å²) in [4.78, 5) is 14.9. The van der Waals surface area contributed by atoms with Crippen molar-refractivity contribution in [1.29, 1.82) is 0 Å². The van der Waals surface area contributed by atoms with Crippen molar-refractivity contribution in [2.75, 3.05) is 0 Å². The van der Waals surface area contributed by atoms with Gasteiger partial charge in [-0.05, 0) is 30.3 Å². The second-order valence-electron chi connectivity index (χ2n) is 4.16. The van der Waals surface area contributed by atoms with E-state index in [1.165, 1.54) is 6.07 Å². The van der Waals surface area contributed by atoms with Gasteiger partial charge in [-0.1, -0.05) is 18.1 Å². The number of hydrogen-bond acceptors (Lipinski definition) is 3. The maximum absolute atomic E-state index is 11.1. The number of benzene rings is 1. The Bertz CT molecular complexity index is 749. The Balaban J connectivity index is 0.000000246. The van der Waals surface area contributed by atoms with Crippen LogP contribution < -0.4 is 0 Å². The van der Waals surface area contributed by atoms with Crippen LogP contribution in [-0.2, 0) is 0 Å². The maximum atomic E-state index is 11.1. The zero-order chi connectivity index (χ0) is 15.8. The van der Waals surface area contributed by atoms with E-state index in [0.29, 0.717) is 16.8 Å². The fraction of sp³-hybridized carbons (Fsp3) is 0. The maximum Gasteiger partial charge on any atom is 0.336 e. The average Bonchev–Trinajstić information content (AvgIpc) is 3.10. The van der Waals surface area contributed by atoms with Crippen molar-refractivity contribution in [1.82, 2.24) is 15.2 Å². The number of carbonyl (C=O) groups is 1. The van der Waals surface area contributed by atoms with Crippen LogP contribution in [0.1, 0.15) is 15.9 Å². The Morgan fingerprint density at radius 1 is 1.14 bits per heavy atom. The molecule has 0 saturated carbocycles. The first kappa shape index (κ1) is 15.0. The number of aromatic carboxylic acids is 1. The van der Waals surface area contributed by atoms with Gasteiger partial charge in [0.25, 0.3) is 0 Å². The first-order valence-corrected chi connectivity index (χ1v) is 6.42. The molecule has 0 spiro atoms. The first-order valence-electron chi connectivity index (χ1n) is 6.42. The molecule has 0 saturated heterocycles. The second kappa shape index (κ2) is 7.41. The standard InChI is InChI=1S/C12H8N2O2.C5H5N/c1-2-8-4-3-5-9(12(15)16)11(8)10-6-7-13-14-10;1-2-4-6-5-3-1/h1,3-7H,(H,13,14)(H,15,16);1-5H. The van der Waals surface area contributed by atoms with Gasteiger partial charge in [0.1, 0.15) is 0 Å². The highest BCUT2D eigenvalue weighted by atomic mass is 16.4. The van der Waals surface area contributed by atoms with Crippen molar-refractivity contribution in [2.24, 2.45) is 0 Å². The Kier molecular flexibility index (Phi) is 5.05. The van der Waals surface area contributed by atoms with Crippen LogP contribution in [0.2, 0.25) is 0 Å². The van der Waals surface area contributed by atoms with Gasteiger partial charge in [0.15, 0.2) is 0 Å². The average molecular weight is 291 g/mol. The van der Waals surface area contributed by atoms with Gasteiger partial charge in [-0.2, -0.15) is 5.10 Å². The molecule has 0 radical (unpaired) electrons. The Morgan fingerprint density at radius 2 is 1.91 bits per heavy atom. The molecule has 0 aliphatic heterocycles. The number of nitrogens with zero attached hydrogens (tertiary/aromatic N) is 2. The predicted molar refractivity (Wildman–Crippen MR) is 83.2 cm³/mol. The molecule has 3 rings (SSSR count). The van der Waals surface area contributed by atoms with Crippen LogP contribution in [-0.4, -0.2) is 26.3 Å². The van der Waals surface area contributed by atoms with Gasteiger partial charge in [-0.3, -0.25) is 10.1 Å². The molecule has 108 valence electrons. The predicted octanol–water partition coefficient (Wildman–Crippen LogP) is 2.84. The highest BCUT2D eigenvalue weighted by Gasteiger charge is 2.15. The van der Waals surface area contributed by atoms with Crippen molar-refractivity contribution in [3.05, 3.63) is 72.2 Å². The van der Waals surface area contributed by atoms with Crippen molar-refractivity contribution in [3.8, 4) is 23.6 Å². The molecule has 2 aromatic heterocycles. The minimum atomic E-state index is -1.02. The summed E-state index contributed by atoms with van der Waals surface area (Å²) in [5.74, 6) is 1.44. The number of rotatable bonds is 2. The summed E-state index contributed by atoms with van der Waals surface area (Å²) >= 11 is 0. The molecule has 0 aliphatic carbocycles. The molecule has 0 amide bonds. The van der Waals surface area contributed by atoms with Gasteiger partial charge >= 0.3 is 5.97 Å². The molecule has 22 heavy (non-hydrogen) atoms. The first-order chi connectivity index (χ1) is 10.7. The molecule has 0 aliphatic rings. The number of nitrogens with one attached hydrogen (secondary N) is 1. The van der Waals surface area contributed by atoms with Crippen molar-refractivity contribution in [3.63, 3.8) is 0 Å². The van der Waals surface area contributed by atoms with E-state index in [4.69, 9.17) is 11.5 Å². The second-order valence-corrected chi connectivity index (χ2v) is 4.16. The third kappa shape index (κ3) is 3.58. The van der Waals surface area contributed by atoms with Crippen molar-refractivity contribution >= 4 is 5.97 Å². The number of carboxylic acids is 1. The number of carboxylic acid groups (broad SMARTS) is 1. The minimum absolute atomic E-state index is 0.155. The lowest BCUT2D eigenvalue weighted by atomic mass is 9.99. The molecule has 3 aromatic rings. The Labute approximate surface area is 127 Å². The molecule has 0 unspecified atom stereocenters. The summed E-state index contributed by atoms with van der Waals surface area (Å²) in [5, 5.41) is 15.7. The van der Waals surface area contributed by atoms with E-state index in [-0.39, 0.29) is 5.56 Å². The summed E-state index contributed by atoms with van der Waals surface area (Å²) in [6, 6.07) is 12.2. The summed E-state index contributed by atoms with van der Waals surface area (Å²) in [7, 11) is 0. The van der Waals surface area contributed by atoms with Gasteiger partial charge in [0.05, 0.1) is 11.3 Å². The largest absolute Gasteiger partial charge is 0.478 e. The number of terminal acetylenes is 1. The van der Waals surface area contributed by atoms with E-state index in [2.05, 4.69) is 21.1 Å². The molecular weight excluding hydrogens is 278 g/mol. The van der Waals surface area contributed by atoms with E-state index >= 15 is 0 Å². The molecule has 5 heteroatoms. The SMILES string of the molecule is C#Cc1cccc(C(=O)O)c1-c1cc[nH]n1.c1ccncc1. The van der Waals surface area contributed by atoms with Crippen LogP contribution >= 0.6 is 0 Å². The third-order valence-electron chi connectivity index (χ3n) is 2.77. The molecule has 2 heterocycles.